The van der Waals surface area contributed by atoms with Crippen molar-refractivity contribution >= 4 is 16.8 Å². The van der Waals surface area contributed by atoms with E-state index in [2.05, 4.69) is 15.2 Å². The van der Waals surface area contributed by atoms with Crippen molar-refractivity contribution in [1.82, 2.24) is 20.1 Å². The second-order valence-corrected chi connectivity index (χ2v) is 7.86. The van der Waals surface area contributed by atoms with Crippen LogP contribution in [0, 0.1) is 5.92 Å². The number of piperidine rings is 1. The van der Waals surface area contributed by atoms with Gasteiger partial charge in [0.15, 0.2) is 0 Å². The van der Waals surface area contributed by atoms with Crippen LogP contribution >= 0.6 is 0 Å². The Hall–Kier alpha value is -2.89. The van der Waals surface area contributed by atoms with Crippen LogP contribution in [0.25, 0.3) is 10.9 Å². The van der Waals surface area contributed by atoms with E-state index >= 15 is 0 Å². The van der Waals surface area contributed by atoms with E-state index in [0.717, 1.165) is 48.1 Å². The highest BCUT2D eigenvalue weighted by molar-refractivity contribution is 6.06. The van der Waals surface area contributed by atoms with Crippen LogP contribution in [0.5, 0.6) is 5.88 Å². The number of carbonyl (C=O) groups is 1. The summed E-state index contributed by atoms with van der Waals surface area (Å²) in [6.07, 6.45) is 6.23. The van der Waals surface area contributed by atoms with Gasteiger partial charge in [0.1, 0.15) is 0 Å². The second kappa shape index (κ2) is 7.26. The molecule has 0 atom stereocenters. The summed E-state index contributed by atoms with van der Waals surface area (Å²) >= 11 is 0. The van der Waals surface area contributed by atoms with Crippen LogP contribution in [-0.4, -0.2) is 45.7 Å². The fourth-order valence-corrected chi connectivity index (χ4v) is 3.95. The van der Waals surface area contributed by atoms with Crippen molar-refractivity contribution in [3.63, 3.8) is 0 Å². The molecule has 0 radical (unpaired) electrons. The molecule has 5 rings (SSSR count). The molecular formula is C22H24N4O2. The van der Waals surface area contributed by atoms with E-state index in [1.165, 1.54) is 12.8 Å². The number of nitrogens with zero attached hydrogens (tertiary/aromatic N) is 3. The van der Waals surface area contributed by atoms with Crippen molar-refractivity contribution in [2.75, 3.05) is 19.7 Å². The Kier molecular flexibility index (Phi) is 4.47. The van der Waals surface area contributed by atoms with Crippen molar-refractivity contribution in [3.8, 4) is 5.88 Å². The smallest absolute Gasteiger partial charge is 0.254 e. The number of fused-ring (bicyclic) bond motifs is 1. The maximum atomic E-state index is 13.0. The number of rotatable bonds is 5. The third-order valence-electron chi connectivity index (χ3n) is 5.85. The molecule has 1 aromatic carbocycles. The Labute approximate surface area is 163 Å². The first-order valence-corrected chi connectivity index (χ1v) is 10.1. The van der Waals surface area contributed by atoms with Gasteiger partial charge in [0, 0.05) is 47.7 Å². The zero-order chi connectivity index (χ0) is 18.9. The first kappa shape index (κ1) is 17.2. The summed E-state index contributed by atoms with van der Waals surface area (Å²) in [7, 11) is 0. The third kappa shape index (κ3) is 3.46. The Morgan fingerprint density at radius 3 is 2.68 bits per heavy atom. The van der Waals surface area contributed by atoms with E-state index in [9.17, 15) is 4.79 Å². The van der Waals surface area contributed by atoms with Crippen molar-refractivity contribution in [2.24, 2.45) is 5.92 Å². The van der Waals surface area contributed by atoms with Crippen LogP contribution in [0.4, 0.5) is 0 Å². The van der Waals surface area contributed by atoms with E-state index in [-0.39, 0.29) is 5.91 Å². The quantitative estimate of drug-likeness (QED) is 0.736. The highest BCUT2D eigenvalue weighted by Gasteiger charge is 2.26. The molecule has 1 saturated heterocycles. The topological polar surface area (TPSA) is 71.1 Å². The summed E-state index contributed by atoms with van der Waals surface area (Å²) in [5.41, 5.74) is 2.86. The summed E-state index contributed by atoms with van der Waals surface area (Å²) in [5.74, 6) is 1.77. The van der Waals surface area contributed by atoms with Crippen LogP contribution < -0.4 is 4.74 Å². The number of amides is 1. The van der Waals surface area contributed by atoms with E-state index in [4.69, 9.17) is 4.74 Å². The first-order chi connectivity index (χ1) is 13.8. The van der Waals surface area contributed by atoms with Gasteiger partial charge in [-0.15, -0.1) is 5.10 Å². The monoisotopic (exact) mass is 376 g/mol. The molecule has 144 valence electrons. The molecule has 2 fully saturated rings. The van der Waals surface area contributed by atoms with Crippen molar-refractivity contribution in [3.05, 3.63) is 53.9 Å². The second-order valence-electron chi connectivity index (χ2n) is 7.86. The number of aromatic nitrogens is 3. The lowest BCUT2D eigenvalue weighted by molar-refractivity contribution is 0.0661. The Balaban J connectivity index is 1.15. The van der Waals surface area contributed by atoms with Gasteiger partial charge >= 0.3 is 0 Å². The molecule has 0 bridgehead atoms. The van der Waals surface area contributed by atoms with Crippen LogP contribution in [0.15, 0.2) is 42.6 Å². The minimum atomic E-state index is 0.117. The highest BCUT2D eigenvalue weighted by Crippen LogP contribution is 2.38. The Morgan fingerprint density at radius 1 is 1.07 bits per heavy atom. The SMILES string of the molecule is O=C(c1cccc2[nH]ccc12)N1CCC(COc2ccc(C3CC3)nn2)CC1. The summed E-state index contributed by atoms with van der Waals surface area (Å²) in [6, 6.07) is 11.8. The molecule has 6 nitrogen and oxygen atoms in total. The molecule has 1 saturated carbocycles. The summed E-state index contributed by atoms with van der Waals surface area (Å²) < 4.78 is 5.85. The molecule has 3 heterocycles. The van der Waals surface area contributed by atoms with Gasteiger partial charge in [0.25, 0.3) is 5.91 Å². The molecule has 1 aliphatic heterocycles. The molecular weight excluding hydrogens is 352 g/mol. The van der Waals surface area contributed by atoms with Gasteiger partial charge in [-0.2, -0.15) is 5.10 Å². The van der Waals surface area contributed by atoms with Crippen molar-refractivity contribution in [1.29, 1.82) is 0 Å². The van der Waals surface area contributed by atoms with Crippen molar-refractivity contribution < 1.29 is 9.53 Å². The highest BCUT2D eigenvalue weighted by atomic mass is 16.5. The van der Waals surface area contributed by atoms with E-state index in [0.29, 0.717) is 24.3 Å². The zero-order valence-corrected chi connectivity index (χ0v) is 15.8. The van der Waals surface area contributed by atoms with Crippen LogP contribution in [-0.2, 0) is 0 Å². The van der Waals surface area contributed by atoms with Gasteiger partial charge in [-0.05, 0) is 55.9 Å². The average molecular weight is 376 g/mol. The van der Waals surface area contributed by atoms with Gasteiger partial charge in [0.05, 0.1) is 12.3 Å². The largest absolute Gasteiger partial charge is 0.476 e. The molecule has 1 amide bonds. The molecule has 6 heteroatoms. The maximum Gasteiger partial charge on any atom is 0.254 e. The normalized spacial score (nSPS) is 17.8. The van der Waals surface area contributed by atoms with Crippen molar-refractivity contribution in [2.45, 2.75) is 31.6 Å². The minimum Gasteiger partial charge on any atom is -0.476 e. The van der Waals surface area contributed by atoms with E-state index in [1.54, 1.807) is 0 Å². The van der Waals surface area contributed by atoms with E-state index in [1.807, 2.05) is 47.5 Å². The van der Waals surface area contributed by atoms with Crippen LogP contribution in [0.1, 0.15) is 47.7 Å². The number of hydrogen-bond acceptors (Lipinski definition) is 4. The van der Waals surface area contributed by atoms with Gasteiger partial charge in [-0.1, -0.05) is 6.07 Å². The number of carbonyl (C=O) groups excluding carboxylic acids is 1. The number of hydrogen-bond donors (Lipinski definition) is 1. The maximum absolute atomic E-state index is 13.0. The van der Waals surface area contributed by atoms with Crippen LogP contribution in [0.2, 0.25) is 0 Å². The number of likely N-dealkylation sites (tertiary alicyclic amines) is 1. The number of ether oxygens (including phenoxy) is 1. The number of nitrogens with one attached hydrogen (secondary N) is 1. The molecule has 1 aliphatic carbocycles. The van der Waals surface area contributed by atoms with E-state index < -0.39 is 0 Å². The lowest BCUT2D eigenvalue weighted by Crippen LogP contribution is -2.39. The zero-order valence-electron chi connectivity index (χ0n) is 15.8. The molecule has 0 spiro atoms. The number of H-pyrrole nitrogens is 1. The van der Waals surface area contributed by atoms with Gasteiger partial charge in [0.2, 0.25) is 5.88 Å². The molecule has 3 aromatic rings. The molecule has 2 aromatic heterocycles. The van der Waals surface area contributed by atoms with Gasteiger partial charge in [-0.25, -0.2) is 0 Å². The van der Waals surface area contributed by atoms with Gasteiger partial charge in [-0.3, -0.25) is 4.79 Å². The molecule has 2 aliphatic rings. The summed E-state index contributed by atoms with van der Waals surface area (Å²) in [5, 5.41) is 9.45. The lowest BCUT2D eigenvalue weighted by atomic mass is 9.97. The predicted octanol–water partition coefficient (Wildman–Crippen LogP) is 3.77. The Bertz CT molecular complexity index is 970. The standard InChI is InChI=1S/C22H24N4O2/c27-22(18-2-1-3-20-17(18)8-11-23-20)26-12-9-15(10-13-26)14-28-21-7-6-19(24-25-21)16-4-5-16/h1-3,6-8,11,15-16,23H,4-5,9-10,12-14H2. The van der Waals surface area contributed by atoms with Crippen LogP contribution in [0.3, 0.4) is 0 Å². The number of benzene rings is 1. The summed E-state index contributed by atoms with van der Waals surface area (Å²) in [4.78, 5) is 18.1. The summed E-state index contributed by atoms with van der Waals surface area (Å²) in [6.45, 7) is 2.16. The average Bonchev–Trinajstić information content (AvgIpc) is 3.48. The minimum absolute atomic E-state index is 0.117. The Morgan fingerprint density at radius 2 is 1.93 bits per heavy atom. The fraction of sp³-hybridized carbons (Fsp3) is 0.409. The molecule has 28 heavy (non-hydrogen) atoms. The lowest BCUT2D eigenvalue weighted by Gasteiger charge is -2.32. The van der Waals surface area contributed by atoms with Gasteiger partial charge < -0.3 is 14.6 Å². The first-order valence-electron chi connectivity index (χ1n) is 10.1. The fourth-order valence-electron chi connectivity index (χ4n) is 3.95. The predicted molar refractivity (Wildman–Crippen MR) is 106 cm³/mol. The third-order valence-corrected chi connectivity index (χ3v) is 5.85. The number of aromatic amines is 1. The molecule has 0 unspecified atom stereocenters. The molecule has 1 N–H and O–H groups in total.